The summed E-state index contributed by atoms with van der Waals surface area (Å²) in [6.45, 7) is 8.62. The van der Waals surface area contributed by atoms with Crippen molar-refractivity contribution in [3.8, 4) is 0 Å². The van der Waals surface area contributed by atoms with E-state index in [1.165, 1.54) is 19.3 Å². The summed E-state index contributed by atoms with van der Waals surface area (Å²) in [6, 6.07) is 0.485. The molecule has 0 saturated heterocycles. The third-order valence-electron chi connectivity index (χ3n) is 2.71. The Morgan fingerprint density at radius 2 is 2.08 bits per heavy atom. The lowest BCUT2D eigenvalue weighted by Gasteiger charge is -2.21. The summed E-state index contributed by atoms with van der Waals surface area (Å²) in [5, 5.41) is 3.45. The zero-order valence-electron chi connectivity index (χ0n) is 9.18. The SMILES string of the molecule is CCCNC(C)C(C)OCC1CC1. The molecule has 0 amide bonds. The van der Waals surface area contributed by atoms with Crippen molar-refractivity contribution >= 4 is 0 Å². The molecular weight excluding hydrogens is 162 g/mol. The second-order valence-corrected chi connectivity index (χ2v) is 4.22. The van der Waals surface area contributed by atoms with Crippen molar-refractivity contribution in [3.63, 3.8) is 0 Å². The van der Waals surface area contributed by atoms with Crippen LogP contribution in [0.1, 0.15) is 40.0 Å². The van der Waals surface area contributed by atoms with Crippen LogP contribution in [-0.2, 0) is 4.74 Å². The molecule has 1 aliphatic rings. The highest BCUT2D eigenvalue weighted by Crippen LogP contribution is 2.29. The molecule has 0 heterocycles. The minimum absolute atomic E-state index is 0.354. The number of hydrogen-bond donors (Lipinski definition) is 1. The van der Waals surface area contributed by atoms with Crippen LogP contribution in [0.4, 0.5) is 0 Å². The quantitative estimate of drug-likeness (QED) is 0.656. The van der Waals surface area contributed by atoms with Crippen molar-refractivity contribution < 1.29 is 4.74 Å². The van der Waals surface area contributed by atoms with Crippen molar-refractivity contribution in [2.24, 2.45) is 5.92 Å². The van der Waals surface area contributed by atoms with Crippen LogP contribution in [-0.4, -0.2) is 25.3 Å². The molecule has 0 aromatic rings. The molecule has 2 unspecified atom stereocenters. The predicted octanol–water partition coefficient (Wildman–Crippen LogP) is 2.19. The monoisotopic (exact) mass is 185 g/mol. The first kappa shape index (κ1) is 11.0. The van der Waals surface area contributed by atoms with Crippen LogP contribution < -0.4 is 5.32 Å². The molecule has 2 nitrogen and oxygen atoms in total. The first-order chi connectivity index (χ1) is 6.24. The lowest BCUT2D eigenvalue weighted by atomic mass is 10.2. The Balaban J connectivity index is 2.01. The fraction of sp³-hybridized carbons (Fsp3) is 1.00. The van der Waals surface area contributed by atoms with Gasteiger partial charge in [-0.15, -0.1) is 0 Å². The van der Waals surface area contributed by atoms with Gasteiger partial charge < -0.3 is 10.1 Å². The van der Waals surface area contributed by atoms with E-state index < -0.39 is 0 Å². The highest BCUT2D eigenvalue weighted by molar-refractivity contribution is 4.74. The Kier molecular flexibility index (Phi) is 4.74. The van der Waals surface area contributed by atoms with Gasteiger partial charge in [-0.1, -0.05) is 6.92 Å². The summed E-state index contributed by atoms with van der Waals surface area (Å²) < 4.78 is 5.76. The van der Waals surface area contributed by atoms with Crippen molar-refractivity contribution in [2.75, 3.05) is 13.2 Å². The third-order valence-corrected chi connectivity index (χ3v) is 2.71. The minimum atomic E-state index is 0.354. The van der Waals surface area contributed by atoms with Gasteiger partial charge in [0.2, 0.25) is 0 Å². The second kappa shape index (κ2) is 5.61. The summed E-state index contributed by atoms with van der Waals surface area (Å²) in [5.41, 5.74) is 0. The van der Waals surface area contributed by atoms with E-state index >= 15 is 0 Å². The lowest BCUT2D eigenvalue weighted by Crippen LogP contribution is -2.37. The smallest absolute Gasteiger partial charge is 0.0697 e. The summed E-state index contributed by atoms with van der Waals surface area (Å²) in [6.07, 6.45) is 4.30. The summed E-state index contributed by atoms with van der Waals surface area (Å²) in [4.78, 5) is 0. The first-order valence-electron chi connectivity index (χ1n) is 5.59. The van der Waals surface area contributed by atoms with Gasteiger partial charge in [0.15, 0.2) is 0 Å². The molecule has 1 N–H and O–H groups in total. The maximum atomic E-state index is 5.76. The highest BCUT2D eigenvalue weighted by atomic mass is 16.5. The fourth-order valence-corrected chi connectivity index (χ4v) is 1.25. The van der Waals surface area contributed by atoms with Crippen molar-refractivity contribution in [2.45, 2.75) is 52.2 Å². The molecule has 1 rings (SSSR count). The van der Waals surface area contributed by atoms with E-state index in [4.69, 9.17) is 4.74 Å². The average molecular weight is 185 g/mol. The van der Waals surface area contributed by atoms with Crippen LogP contribution in [0.2, 0.25) is 0 Å². The molecule has 1 saturated carbocycles. The summed E-state index contributed by atoms with van der Waals surface area (Å²) >= 11 is 0. The van der Waals surface area contributed by atoms with Gasteiger partial charge in [0.1, 0.15) is 0 Å². The Labute approximate surface area is 82.0 Å². The van der Waals surface area contributed by atoms with E-state index in [1.54, 1.807) is 0 Å². The van der Waals surface area contributed by atoms with Crippen LogP contribution in [0.5, 0.6) is 0 Å². The highest BCUT2D eigenvalue weighted by Gasteiger charge is 2.23. The Morgan fingerprint density at radius 1 is 1.38 bits per heavy atom. The van der Waals surface area contributed by atoms with Gasteiger partial charge in [0, 0.05) is 12.6 Å². The first-order valence-corrected chi connectivity index (χ1v) is 5.59. The molecule has 0 aromatic carbocycles. The lowest BCUT2D eigenvalue weighted by molar-refractivity contribution is 0.0367. The molecule has 13 heavy (non-hydrogen) atoms. The van der Waals surface area contributed by atoms with Crippen LogP contribution in [0.25, 0.3) is 0 Å². The zero-order chi connectivity index (χ0) is 9.68. The fourth-order valence-electron chi connectivity index (χ4n) is 1.25. The maximum Gasteiger partial charge on any atom is 0.0697 e. The van der Waals surface area contributed by atoms with E-state index in [2.05, 4.69) is 26.1 Å². The number of nitrogens with one attached hydrogen (secondary N) is 1. The van der Waals surface area contributed by atoms with E-state index in [9.17, 15) is 0 Å². The van der Waals surface area contributed by atoms with Crippen LogP contribution in [0, 0.1) is 5.92 Å². The number of hydrogen-bond acceptors (Lipinski definition) is 2. The molecule has 2 heteroatoms. The topological polar surface area (TPSA) is 21.3 Å². The molecule has 0 spiro atoms. The van der Waals surface area contributed by atoms with E-state index in [1.807, 2.05) is 0 Å². The summed E-state index contributed by atoms with van der Waals surface area (Å²) in [5.74, 6) is 0.876. The molecule has 0 aliphatic heterocycles. The van der Waals surface area contributed by atoms with E-state index in [0.717, 1.165) is 19.1 Å². The second-order valence-electron chi connectivity index (χ2n) is 4.22. The van der Waals surface area contributed by atoms with Gasteiger partial charge in [-0.3, -0.25) is 0 Å². The largest absolute Gasteiger partial charge is 0.377 e. The molecule has 0 aromatic heterocycles. The Morgan fingerprint density at radius 3 is 2.62 bits per heavy atom. The van der Waals surface area contributed by atoms with Gasteiger partial charge in [0.05, 0.1) is 6.10 Å². The van der Waals surface area contributed by atoms with Crippen LogP contribution in [0.3, 0.4) is 0 Å². The molecule has 0 bridgehead atoms. The summed E-state index contributed by atoms with van der Waals surface area (Å²) in [7, 11) is 0. The zero-order valence-corrected chi connectivity index (χ0v) is 9.18. The van der Waals surface area contributed by atoms with Crippen LogP contribution in [0.15, 0.2) is 0 Å². The van der Waals surface area contributed by atoms with Gasteiger partial charge in [-0.05, 0) is 45.6 Å². The van der Waals surface area contributed by atoms with Crippen molar-refractivity contribution in [1.82, 2.24) is 5.32 Å². The molecule has 78 valence electrons. The number of ether oxygens (including phenoxy) is 1. The van der Waals surface area contributed by atoms with Crippen LogP contribution >= 0.6 is 0 Å². The van der Waals surface area contributed by atoms with Crippen molar-refractivity contribution in [3.05, 3.63) is 0 Å². The minimum Gasteiger partial charge on any atom is -0.377 e. The molecule has 2 atom stereocenters. The molecule has 1 aliphatic carbocycles. The van der Waals surface area contributed by atoms with Gasteiger partial charge >= 0.3 is 0 Å². The van der Waals surface area contributed by atoms with Gasteiger partial charge in [-0.25, -0.2) is 0 Å². The standard InChI is InChI=1S/C11H23NO/c1-4-7-12-9(2)10(3)13-8-11-5-6-11/h9-12H,4-8H2,1-3H3. The molecular formula is C11H23NO. The average Bonchev–Trinajstić information content (AvgIpc) is 2.93. The van der Waals surface area contributed by atoms with Crippen molar-refractivity contribution in [1.29, 1.82) is 0 Å². The Bertz CT molecular complexity index is 134. The van der Waals surface area contributed by atoms with E-state index in [0.29, 0.717) is 12.1 Å². The van der Waals surface area contributed by atoms with E-state index in [-0.39, 0.29) is 0 Å². The van der Waals surface area contributed by atoms with Gasteiger partial charge in [-0.2, -0.15) is 0 Å². The molecule has 0 radical (unpaired) electrons. The Hall–Kier alpha value is -0.0800. The maximum absolute atomic E-state index is 5.76. The third kappa shape index (κ3) is 4.63. The molecule has 1 fully saturated rings. The predicted molar refractivity (Wildman–Crippen MR) is 55.9 cm³/mol. The van der Waals surface area contributed by atoms with Gasteiger partial charge in [0.25, 0.3) is 0 Å². The normalized spacial score (nSPS) is 21.5. The number of rotatable bonds is 7.